The summed E-state index contributed by atoms with van der Waals surface area (Å²) in [6.45, 7) is 4.45. The number of hydrogen-bond acceptors (Lipinski definition) is 0. The second-order valence-corrected chi connectivity index (χ2v) is 4.98. The Kier molecular flexibility index (Phi) is 4.97. The highest BCUT2D eigenvalue weighted by Crippen LogP contribution is 2.27. The van der Waals surface area contributed by atoms with E-state index in [2.05, 4.69) is 80.6 Å². The van der Waals surface area contributed by atoms with Crippen LogP contribution in [-0.2, 0) is 6.42 Å². The van der Waals surface area contributed by atoms with E-state index in [1.807, 2.05) is 0 Å². The van der Waals surface area contributed by atoms with Gasteiger partial charge in [0.15, 0.2) is 0 Å². The SMILES string of the molecule is C/C=C(/CCc1ccccc1)C(C)c1ccccc1. The summed E-state index contributed by atoms with van der Waals surface area (Å²) in [4.78, 5) is 0. The summed E-state index contributed by atoms with van der Waals surface area (Å²) in [7, 11) is 0. The smallest absolute Gasteiger partial charge is 0.00198 e. The molecular weight excluding hydrogens is 228 g/mol. The Morgan fingerprint density at radius 2 is 1.53 bits per heavy atom. The van der Waals surface area contributed by atoms with Gasteiger partial charge in [-0.2, -0.15) is 0 Å². The van der Waals surface area contributed by atoms with Gasteiger partial charge in [0, 0.05) is 5.92 Å². The van der Waals surface area contributed by atoms with Crippen LogP contribution in [-0.4, -0.2) is 0 Å². The van der Waals surface area contributed by atoms with Crippen molar-refractivity contribution in [3.63, 3.8) is 0 Å². The van der Waals surface area contributed by atoms with Crippen LogP contribution in [0.15, 0.2) is 72.3 Å². The third-order valence-electron chi connectivity index (χ3n) is 3.77. The van der Waals surface area contributed by atoms with E-state index in [-0.39, 0.29) is 0 Å². The first-order valence-electron chi connectivity index (χ1n) is 7.05. The summed E-state index contributed by atoms with van der Waals surface area (Å²) in [5.74, 6) is 0.509. The molecule has 1 atom stereocenters. The molecule has 0 aliphatic carbocycles. The van der Waals surface area contributed by atoms with Crippen molar-refractivity contribution in [2.45, 2.75) is 32.6 Å². The Labute approximate surface area is 116 Å². The first-order valence-corrected chi connectivity index (χ1v) is 7.05. The molecule has 0 heterocycles. The van der Waals surface area contributed by atoms with Gasteiger partial charge >= 0.3 is 0 Å². The van der Waals surface area contributed by atoms with Crippen molar-refractivity contribution in [3.05, 3.63) is 83.4 Å². The number of aryl methyl sites for hydroxylation is 1. The van der Waals surface area contributed by atoms with Crippen LogP contribution in [0.1, 0.15) is 37.3 Å². The Balaban J connectivity index is 2.01. The second kappa shape index (κ2) is 6.94. The molecule has 98 valence electrons. The van der Waals surface area contributed by atoms with Gasteiger partial charge in [-0.1, -0.05) is 79.2 Å². The summed E-state index contributed by atoms with van der Waals surface area (Å²) >= 11 is 0. The van der Waals surface area contributed by atoms with Crippen LogP contribution in [0.2, 0.25) is 0 Å². The van der Waals surface area contributed by atoms with E-state index in [9.17, 15) is 0 Å². The fourth-order valence-corrected chi connectivity index (χ4v) is 2.50. The number of hydrogen-bond donors (Lipinski definition) is 0. The van der Waals surface area contributed by atoms with Gasteiger partial charge in [-0.05, 0) is 30.9 Å². The van der Waals surface area contributed by atoms with Gasteiger partial charge < -0.3 is 0 Å². The molecular formula is C19H22. The fourth-order valence-electron chi connectivity index (χ4n) is 2.50. The van der Waals surface area contributed by atoms with Crippen LogP contribution >= 0.6 is 0 Å². The van der Waals surface area contributed by atoms with Crippen LogP contribution < -0.4 is 0 Å². The zero-order valence-electron chi connectivity index (χ0n) is 11.8. The Bertz CT molecular complexity index is 508. The predicted octanol–water partition coefficient (Wildman–Crippen LogP) is 5.37. The highest BCUT2D eigenvalue weighted by Gasteiger charge is 2.10. The average molecular weight is 250 g/mol. The number of rotatable bonds is 5. The molecule has 0 heteroatoms. The minimum absolute atomic E-state index is 0.509. The number of benzene rings is 2. The summed E-state index contributed by atoms with van der Waals surface area (Å²) in [6.07, 6.45) is 4.54. The minimum atomic E-state index is 0.509. The molecule has 2 aromatic carbocycles. The summed E-state index contributed by atoms with van der Waals surface area (Å²) in [5.41, 5.74) is 4.35. The topological polar surface area (TPSA) is 0 Å². The number of allylic oxidation sites excluding steroid dienone is 2. The van der Waals surface area contributed by atoms with Crippen molar-refractivity contribution in [1.82, 2.24) is 0 Å². The Hall–Kier alpha value is -1.82. The predicted molar refractivity (Wildman–Crippen MR) is 83.4 cm³/mol. The molecule has 2 rings (SSSR count). The van der Waals surface area contributed by atoms with E-state index in [0.29, 0.717) is 5.92 Å². The monoisotopic (exact) mass is 250 g/mol. The van der Waals surface area contributed by atoms with Crippen molar-refractivity contribution in [1.29, 1.82) is 0 Å². The molecule has 0 N–H and O–H groups in total. The van der Waals surface area contributed by atoms with E-state index in [4.69, 9.17) is 0 Å². The zero-order chi connectivity index (χ0) is 13.5. The van der Waals surface area contributed by atoms with Gasteiger partial charge in [-0.15, -0.1) is 0 Å². The molecule has 0 amide bonds. The van der Waals surface area contributed by atoms with Crippen LogP contribution in [0.5, 0.6) is 0 Å². The van der Waals surface area contributed by atoms with Gasteiger partial charge in [0.2, 0.25) is 0 Å². The molecule has 0 saturated carbocycles. The lowest BCUT2D eigenvalue weighted by molar-refractivity contribution is 0.794. The van der Waals surface area contributed by atoms with Crippen LogP contribution in [0.3, 0.4) is 0 Å². The molecule has 1 unspecified atom stereocenters. The van der Waals surface area contributed by atoms with Crippen LogP contribution in [0, 0.1) is 0 Å². The van der Waals surface area contributed by atoms with Crippen LogP contribution in [0.25, 0.3) is 0 Å². The first-order chi connectivity index (χ1) is 9.31. The average Bonchev–Trinajstić information content (AvgIpc) is 2.49. The summed E-state index contributed by atoms with van der Waals surface area (Å²) in [6, 6.07) is 21.5. The fraction of sp³-hybridized carbons (Fsp3) is 0.263. The molecule has 0 aromatic heterocycles. The van der Waals surface area contributed by atoms with Gasteiger partial charge in [-0.25, -0.2) is 0 Å². The van der Waals surface area contributed by atoms with Gasteiger partial charge in [0.05, 0.1) is 0 Å². The van der Waals surface area contributed by atoms with Gasteiger partial charge in [0.25, 0.3) is 0 Å². The second-order valence-electron chi connectivity index (χ2n) is 4.98. The molecule has 19 heavy (non-hydrogen) atoms. The summed E-state index contributed by atoms with van der Waals surface area (Å²) in [5, 5.41) is 0. The van der Waals surface area contributed by atoms with E-state index < -0.39 is 0 Å². The molecule has 0 radical (unpaired) electrons. The molecule has 0 fully saturated rings. The molecule has 0 spiro atoms. The Morgan fingerprint density at radius 3 is 2.11 bits per heavy atom. The molecule has 0 aliphatic rings. The van der Waals surface area contributed by atoms with Crippen molar-refractivity contribution in [2.24, 2.45) is 0 Å². The normalized spacial score (nSPS) is 13.3. The first kappa shape index (κ1) is 13.6. The van der Waals surface area contributed by atoms with Gasteiger partial charge in [-0.3, -0.25) is 0 Å². The van der Waals surface area contributed by atoms with Crippen molar-refractivity contribution in [3.8, 4) is 0 Å². The minimum Gasteiger partial charge on any atom is -0.0878 e. The highest BCUT2D eigenvalue weighted by molar-refractivity contribution is 5.28. The lowest BCUT2D eigenvalue weighted by atomic mass is 9.89. The quantitative estimate of drug-likeness (QED) is 0.626. The van der Waals surface area contributed by atoms with E-state index in [1.165, 1.54) is 16.7 Å². The molecule has 0 saturated heterocycles. The van der Waals surface area contributed by atoms with E-state index in [0.717, 1.165) is 12.8 Å². The lowest BCUT2D eigenvalue weighted by Crippen LogP contribution is -2.00. The lowest BCUT2D eigenvalue weighted by Gasteiger charge is -2.16. The maximum absolute atomic E-state index is 2.30. The maximum Gasteiger partial charge on any atom is 0.00198 e. The van der Waals surface area contributed by atoms with E-state index >= 15 is 0 Å². The third kappa shape index (κ3) is 3.82. The van der Waals surface area contributed by atoms with Crippen LogP contribution in [0.4, 0.5) is 0 Å². The van der Waals surface area contributed by atoms with Crippen molar-refractivity contribution < 1.29 is 0 Å². The van der Waals surface area contributed by atoms with Crippen molar-refractivity contribution >= 4 is 0 Å². The Morgan fingerprint density at radius 1 is 0.947 bits per heavy atom. The molecule has 0 nitrogen and oxygen atoms in total. The molecule has 2 aromatic rings. The van der Waals surface area contributed by atoms with E-state index in [1.54, 1.807) is 0 Å². The standard InChI is InChI=1S/C19H22/c1-3-18(15-14-17-10-6-4-7-11-17)16(2)19-12-8-5-9-13-19/h3-13,16H,14-15H2,1-2H3/b18-3-. The third-order valence-corrected chi connectivity index (χ3v) is 3.77. The largest absolute Gasteiger partial charge is 0.0878 e. The van der Waals surface area contributed by atoms with Gasteiger partial charge in [0.1, 0.15) is 0 Å². The molecule has 0 aliphatic heterocycles. The highest BCUT2D eigenvalue weighted by atomic mass is 14.1. The summed E-state index contributed by atoms with van der Waals surface area (Å²) < 4.78 is 0. The van der Waals surface area contributed by atoms with Crippen molar-refractivity contribution in [2.75, 3.05) is 0 Å². The zero-order valence-corrected chi connectivity index (χ0v) is 11.8. The molecule has 0 bridgehead atoms. The maximum atomic E-state index is 2.30.